The van der Waals surface area contributed by atoms with Gasteiger partial charge in [0.2, 0.25) is 0 Å². The standard InChI is InChI=1S/C30H44O3/c1-18(2)19(3)8-9-20(4)24-10-11-25-23-17-28(33-21(5)31)27-16-22(32)12-14-30(27,7)26(23)13-15-29(24,25)6/h8-9,13,17-20,24-25,27-28H,10-12,14-16H2,1-7H3/b9-8+/t19-,20+,24-,25+,27-,28-,29-,30-/m0/s1. The van der Waals surface area contributed by atoms with Gasteiger partial charge in [-0.2, -0.15) is 0 Å². The molecule has 4 aliphatic carbocycles. The van der Waals surface area contributed by atoms with E-state index in [9.17, 15) is 9.59 Å². The molecule has 0 saturated heterocycles. The van der Waals surface area contributed by atoms with Crippen LogP contribution in [-0.2, 0) is 14.3 Å². The van der Waals surface area contributed by atoms with Gasteiger partial charge in [0.1, 0.15) is 11.9 Å². The Bertz CT molecular complexity index is 892. The van der Waals surface area contributed by atoms with Crippen molar-refractivity contribution in [2.75, 3.05) is 0 Å². The lowest BCUT2D eigenvalue weighted by molar-refractivity contribution is -0.151. The summed E-state index contributed by atoms with van der Waals surface area (Å²) < 4.78 is 5.86. The summed E-state index contributed by atoms with van der Waals surface area (Å²) in [6, 6.07) is 0. The molecule has 0 aromatic carbocycles. The summed E-state index contributed by atoms with van der Waals surface area (Å²) in [4.78, 5) is 24.3. The van der Waals surface area contributed by atoms with Gasteiger partial charge in [-0.05, 0) is 83.3 Å². The lowest BCUT2D eigenvalue weighted by Gasteiger charge is -2.54. The molecule has 8 atom stereocenters. The van der Waals surface area contributed by atoms with Crippen molar-refractivity contribution in [1.82, 2.24) is 0 Å². The van der Waals surface area contributed by atoms with Crippen LogP contribution >= 0.6 is 0 Å². The molecule has 4 rings (SSSR count). The van der Waals surface area contributed by atoms with Crippen LogP contribution < -0.4 is 0 Å². The van der Waals surface area contributed by atoms with E-state index in [2.05, 4.69) is 65.8 Å². The first-order valence-corrected chi connectivity index (χ1v) is 13.3. The molecule has 3 heteroatoms. The summed E-state index contributed by atoms with van der Waals surface area (Å²) >= 11 is 0. The Balaban J connectivity index is 1.67. The first-order chi connectivity index (χ1) is 15.5. The maximum absolute atomic E-state index is 12.4. The van der Waals surface area contributed by atoms with Crippen molar-refractivity contribution >= 4 is 11.8 Å². The van der Waals surface area contributed by atoms with Crippen molar-refractivity contribution in [1.29, 1.82) is 0 Å². The van der Waals surface area contributed by atoms with E-state index in [-0.39, 0.29) is 28.8 Å². The van der Waals surface area contributed by atoms with E-state index in [1.165, 1.54) is 30.9 Å². The summed E-state index contributed by atoms with van der Waals surface area (Å²) in [5.41, 5.74) is 3.05. The average molecular weight is 453 g/mol. The molecule has 0 heterocycles. The van der Waals surface area contributed by atoms with Gasteiger partial charge in [0.25, 0.3) is 0 Å². The lowest BCUT2D eigenvalue weighted by Crippen LogP contribution is -2.49. The summed E-state index contributed by atoms with van der Waals surface area (Å²) in [5, 5.41) is 0. The predicted octanol–water partition coefficient (Wildman–Crippen LogP) is 7.08. The van der Waals surface area contributed by atoms with Gasteiger partial charge in [-0.3, -0.25) is 9.59 Å². The van der Waals surface area contributed by atoms with Crippen LogP contribution in [0.2, 0.25) is 0 Å². The molecule has 0 unspecified atom stereocenters. The molecule has 0 spiro atoms. The van der Waals surface area contributed by atoms with Crippen LogP contribution in [0, 0.1) is 46.3 Å². The van der Waals surface area contributed by atoms with Crippen molar-refractivity contribution in [2.45, 2.75) is 93.1 Å². The van der Waals surface area contributed by atoms with Crippen LogP contribution in [0.4, 0.5) is 0 Å². The zero-order valence-electron chi connectivity index (χ0n) is 21.8. The number of ether oxygens (including phenoxy) is 1. The van der Waals surface area contributed by atoms with Gasteiger partial charge in [-0.15, -0.1) is 0 Å². The van der Waals surface area contributed by atoms with Crippen LogP contribution in [0.1, 0.15) is 87.0 Å². The molecular weight excluding hydrogens is 408 g/mol. The van der Waals surface area contributed by atoms with Crippen LogP contribution in [0.25, 0.3) is 0 Å². The van der Waals surface area contributed by atoms with E-state index in [0.29, 0.717) is 48.2 Å². The highest BCUT2D eigenvalue weighted by atomic mass is 16.5. The Morgan fingerprint density at radius 1 is 1.15 bits per heavy atom. The van der Waals surface area contributed by atoms with Crippen molar-refractivity contribution < 1.29 is 14.3 Å². The van der Waals surface area contributed by atoms with Crippen molar-refractivity contribution in [3.05, 3.63) is 35.5 Å². The molecule has 2 saturated carbocycles. The molecule has 0 bridgehead atoms. The molecule has 0 aliphatic heterocycles. The summed E-state index contributed by atoms with van der Waals surface area (Å²) in [5.74, 6) is 3.13. The normalized spacial score (nSPS) is 39.9. The smallest absolute Gasteiger partial charge is 0.303 e. The fourth-order valence-corrected chi connectivity index (χ4v) is 7.61. The first kappa shape index (κ1) is 24.5. The highest BCUT2D eigenvalue weighted by Gasteiger charge is 2.57. The molecule has 0 amide bonds. The second kappa shape index (κ2) is 8.86. The zero-order chi connectivity index (χ0) is 24.1. The fraction of sp³-hybridized carbons (Fsp3) is 0.733. The number of Topliss-reactive ketones (excluding diaryl/α,β-unsaturated/α-hetero) is 1. The molecule has 0 aromatic rings. The predicted molar refractivity (Wildman–Crippen MR) is 133 cm³/mol. The Morgan fingerprint density at radius 2 is 1.88 bits per heavy atom. The number of allylic oxidation sites excluding steroid dienone is 5. The van der Waals surface area contributed by atoms with Gasteiger partial charge in [0.15, 0.2) is 0 Å². The molecule has 2 fully saturated rings. The second-order valence-electron chi connectivity index (χ2n) is 12.4. The lowest BCUT2D eigenvalue weighted by atomic mass is 9.51. The summed E-state index contributed by atoms with van der Waals surface area (Å²) in [6.45, 7) is 15.6. The summed E-state index contributed by atoms with van der Waals surface area (Å²) in [7, 11) is 0. The maximum atomic E-state index is 12.4. The van der Waals surface area contributed by atoms with Crippen LogP contribution in [-0.4, -0.2) is 17.9 Å². The molecule has 182 valence electrons. The van der Waals surface area contributed by atoms with Gasteiger partial charge >= 0.3 is 5.97 Å². The number of hydrogen-bond acceptors (Lipinski definition) is 3. The van der Waals surface area contributed by atoms with Gasteiger partial charge in [0, 0.05) is 25.7 Å². The van der Waals surface area contributed by atoms with E-state index in [1.807, 2.05) is 0 Å². The minimum Gasteiger partial charge on any atom is -0.458 e. The van der Waals surface area contributed by atoms with Crippen LogP contribution in [0.15, 0.2) is 35.5 Å². The number of carbonyl (C=O) groups excluding carboxylic acids is 2. The Labute approximate surface area is 201 Å². The second-order valence-corrected chi connectivity index (χ2v) is 12.4. The largest absolute Gasteiger partial charge is 0.458 e. The maximum Gasteiger partial charge on any atom is 0.303 e. The van der Waals surface area contributed by atoms with Crippen LogP contribution in [0.3, 0.4) is 0 Å². The number of ketones is 1. The average Bonchev–Trinajstić information content (AvgIpc) is 3.10. The highest BCUT2D eigenvalue weighted by molar-refractivity contribution is 5.80. The zero-order valence-corrected chi connectivity index (χ0v) is 21.8. The van der Waals surface area contributed by atoms with Crippen LogP contribution in [0.5, 0.6) is 0 Å². The topological polar surface area (TPSA) is 43.4 Å². The van der Waals surface area contributed by atoms with Gasteiger partial charge in [-0.1, -0.05) is 59.8 Å². The van der Waals surface area contributed by atoms with E-state index in [4.69, 9.17) is 4.74 Å². The van der Waals surface area contributed by atoms with E-state index in [0.717, 1.165) is 12.8 Å². The van der Waals surface area contributed by atoms with Crippen molar-refractivity contribution in [2.24, 2.45) is 46.3 Å². The molecule has 3 nitrogen and oxygen atoms in total. The van der Waals surface area contributed by atoms with E-state index < -0.39 is 0 Å². The fourth-order valence-electron chi connectivity index (χ4n) is 7.61. The first-order valence-electron chi connectivity index (χ1n) is 13.3. The number of fused-ring (bicyclic) bond motifs is 5. The monoisotopic (exact) mass is 452 g/mol. The van der Waals surface area contributed by atoms with Crippen molar-refractivity contribution in [3.63, 3.8) is 0 Å². The SMILES string of the molecule is CC(=O)O[C@H]1C=C2C(=CC[C@]3(C)[C@@H]2CC[C@H]3[C@H](C)/C=C/[C@H](C)C(C)C)[C@]2(C)CCC(=O)C[C@@H]12. The van der Waals surface area contributed by atoms with Gasteiger partial charge in [-0.25, -0.2) is 0 Å². The molecule has 0 radical (unpaired) electrons. The van der Waals surface area contributed by atoms with E-state index in [1.54, 1.807) is 0 Å². The van der Waals surface area contributed by atoms with E-state index >= 15 is 0 Å². The van der Waals surface area contributed by atoms with Gasteiger partial charge in [0.05, 0.1) is 0 Å². The van der Waals surface area contributed by atoms with Crippen molar-refractivity contribution in [3.8, 4) is 0 Å². The Hall–Kier alpha value is -1.64. The molecule has 0 aromatic heterocycles. The number of carbonyl (C=O) groups is 2. The molecule has 33 heavy (non-hydrogen) atoms. The molecule has 4 aliphatic rings. The summed E-state index contributed by atoms with van der Waals surface area (Å²) in [6.07, 6.45) is 15.0. The third kappa shape index (κ3) is 4.19. The molecule has 0 N–H and O–H groups in total. The Morgan fingerprint density at radius 3 is 2.55 bits per heavy atom. The third-order valence-electron chi connectivity index (χ3n) is 10.1. The minimum absolute atomic E-state index is 0.0681. The highest BCUT2D eigenvalue weighted by Crippen LogP contribution is 2.64. The minimum atomic E-state index is -0.283. The molecular formula is C30H44O3. The number of hydrogen-bond donors (Lipinski definition) is 0. The quantitative estimate of drug-likeness (QED) is 0.331. The number of rotatable bonds is 5. The van der Waals surface area contributed by atoms with Gasteiger partial charge < -0.3 is 4.74 Å². The number of esters is 1. The Kier molecular flexibility index (Phi) is 6.57. The third-order valence-corrected chi connectivity index (χ3v) is 10.1.